The summed E-state index contributed by atoms with van der Waals surface area (Å²) in [4.78, 5) is 11.7. The molecule has 10 heteroatoms. The number of nitrogens with one attached hydrogen (secondary N) is 1. The van der Waals surface area contributed by atoms with Crippen molar-refractivity contribution in [1.82, 2.24) is 5.32 Å². The van der Waals surface area contributed by atoms with E-state index in [4.69, 9.17) is 19.9 Å². The molecule has 220 valence electrons. The zero-order chi connectivity index (χ0) is 27.3. The van der Waals surface area contributed by atoms with E-state index in [-0.39, 0.29) is 13.2 Å². The number of rotatable bonds is 22. The molecule has 0 aromatic carbocycles. The molecular weight excluding hydrogens is 480 g/mol. The Morgan fingerprint density at radius 3 is 1.95 bits per heavy atom. The second-order valence-corrected chi connectivity index (χ2v) is 10.1. The third kappa shape index (κ3) is 15.2. The summed E-state index contributed by atoms with van der Waals surface area (Å²) in [6.45, 7) is 2.55. The van der Waals surface area contributed by atoms with E-state index in [2.05, 4.69) is 17.0 Å². The van der Waals surface area contributed by atoms with Gasteiger partial charge in [-0.05, 0) is 6.42 Å². The van der Waals surface area contributed by atoms with Crippen LogP contribution in [0.4, 0.5) is 4.79 Å². The number of alkyl carbamates (subject to hydrolysis) is 1. The van der Waals surface area contributed by atoms with E-state index in [1.165, 1.54) is 84.2 Å². The van der Waals surface area contributed by atoms with Gasteiger partial charge < -0.3 is 45.3 Å². The van der Waals surface area contributed by atoms with Crippen molar-refractivity contribution in [2.75, 3.05) is 33.5 Å². The first-order valence-electron chi connectivity index (χ1n) is 14.4. The number of aliphatic hydroxyl groups excluding tert-OH is 3. The summed E-state index contributed by atoms with van der Waals surface area (Å²) in [5.41, 5.74) is 5.90. The Hall–Kier alpha value is -1.01. The van der Waals surface area contributed by atoms with Crippen LogP contribution >= 0.6 is 0 Å². The Morgan fingerprint density at radius 2 is 1.43 bits per heavy atom. The first-order valence-corrected chi connectivity index (χ1v) is 14.4. The number of aliphatic hydroxyl groups is 3. The summed E-state index contributed by atoms with van der Waals surface area (Å²) >= 11 is 0. The van der Waals surface area contributed by atoms with Gasteiger partial charge in [0.15, 0.2) is 6.29 Å². The van der Waals surface area contributed by atoms with Gasteiger partial charge in [-0.1, -0.05) is 90.4 Å². The van der Waals surface area contributed by atoms with Gasteiger partial charge in [-0.2, -0.15) is 0 Å². The molecule has 0 aliphatic carbocycles. The largest absolute Gasteiger partial charge is 0.453 e. The number of unbranched alkanes of at least 4 members (excludes halogenated alkanes) is 13. The van der Waals surface area contributed by atoms with Gasteiger partial charge in [-0.15, -0.1) is 0 Å². The third-order valence-electron chi connectivity index (χ3n) is 6.86. The second-order valence-electron chi connectivity index (χ2n) is 10.1. The lowest BCUT2D eigenvalue weighted by Crippen LogP contribution is -2.63. The van der Waals surface area contributed by atoms with Crippen LogP contribution in [0.3, 0.4) is 0 Å². The van der Waals surface area contributed by atoms with Crippen LogP contribution in [0, 0.1) is 0 Å². The molecule has 0 saturated carbocycles. The van der Waals surface area contributed by atoms with Gasteiger partial charge in [0.25, 0.3) is 0 Å². The van der Waals surface area contributed by atoms with Gasteiger partial charge in [-0.3, -0.25) is 0 Å². The van der Waals surface area contributed by atoms with Gasteiger partial charge in [0, 0.05) is 6.61 Å². The smallest absolute Gasteiger partial charge is 0.407 e. The summed E-state index contributed by atoms with van der Waals surface area (Å²) in [6.07, 6.45) is 12.8. The Bertz CT molecular complexity index is 554. The maximum Gasteiger partial charge on any atom is 0.407 e. The van der Waals surface area contributed by atoms with Crippen LogP contribution in [0.25, 0.3) is 0 Å². The maximum absolute atomic E-state index is 11.7. The molecule has 37 heavy (non-hydrogen) atoms. The number of amides is 1. The number of hydrogen-bond acceptors (Lipinski definition) is 9. The lowest BCUT2D eigenvalue weighted by molar-refractivity contribution is -0.267. The topological polar surface area (TPSA) is 153 Å². The van der Waals surface area contributed by atoms with Crippen molar-refractivity contribution in [3.05, 3.63) is 0 Å². The number of ether oxygens (including phenoxy) is 4. The highest BCUT2D eigenvalue weighted by Crippen LogP contribution is 2.21. The van der Waals surface area contributed by atoms with Gasteiger partial charge >= 0.3 is 6.09 Å². The van der Waals surface area contributed by atoms with E-state index in [0.29, 0.717) is 6.61 Å². The fourth-order valence-electron chi connectivity index (χ4n) is 4.45. The molecule has 0 unspecified atom stereocenters. The minimum absolute atomic E-state index is 0.00678. The number of methoxy groups -OCH3 is 1. The van der Waals surface area contributed by atoms with E-state index in [9.17, 15) is 20.1 Å². The van der Waals surface area contributed by atoms with Gasteiger partial charge in [0.05, 0.1) is 39.0 Å². The minimum Gasteiger partial charge on any atom is -0.453 e. The van der Waals surface area contributed by atoms with E-state index < -0.39 is 49.4 Å². The van der Waals surface area contributed by atoms with Crippen molar-refractivity contribution in [1.29, 1.82) is 0 Å². The van der Waals surface area contributed by atoms with E-state index in [0.717, 1.165) is 12.8 Å². The molecule has 0 radical (unpaired) electrons. The van der Waals surface area contributed by atoms with Crippen LogP contribution < -0.4 is 11.1 Å². The quantitative estimate of drug-likeness (QED) is 0.132. The van der Waals surface area contributed by atoms with Crippen molar-refractivity contribution >= 4 is 6.09 Å². The zero-order valence-corrected chi connectivity index (χ0v) is 23.2. The highest BCUT2D eigenvalue weighted by Gasteiger charge is 2.43. The molecule has 6 N–H and O–H groups in total. The molecule has 1 saturated heterocycles. The third-order valence-corrected chi connectivity index (χ3v) is 6.86. The molecule has 1 heterocycles. The monoisotopic (exact) mass is 534 g/mol. The Balaban J connectivity index is 2.14. The number of nitrogens with two attached hydrogens (primary N) is 1. The molecular formula is C27H54N2O8. The molecule has 1 amide bonds. The normalized spacial score (nSPS) is 24.6. The Kier molecular flexibility index (Phi) is 20.1. The number of carbonyl (C=O) groups is 1. The predicted molar refractivity (Wildman–Crippen MR) is 142 cm³/mol. The average molecular weight is 535 g/mol. The highest BCUT2D eigenvalue weighted by molar-refractivity contribution is 5.67. The lowest BCUT2D eigenvalue weighted by Gasteiger charge is -2.40. The molecule has 1 aliphatic rings. The number of hydrogen-bond donors (Lipinski definition) is 5. The molecule has 1 aliphatic heterocycles. The molecule has 0 bridgehead atoms. The van der Waals surface area contributed by atoms with Gasteiger partial charge in [0.2, 0.25) is 0 Å². The summed E-state index contributed by atoms with van der Waals surface area (Å²) in [5.74, 6) is 0. The highest BCUT2D eigenvalue weighted by atomic mass is 16.7. The first kappa shape index (κ1) is 34.0. The van der Waals surface area contributed by atoms with Crippen LogP contribution in [0.2, 0.25) is 0 Å². The van der Waals surface area contributed by atoms with E-state index in [1.807, 2.05) is 0 Å². The molecule has 10 nitrogen and oxygen atoms in total. The van der Waals surface area contributed by atoms with E-state index in [1.54, 1.807) is 0 Å². The minimum atomic E-state index is -1.31. The van der Waals surface area contributed by atoms with Crippen molar-refractivity contribution in [3.63, 3.8) is 0 Å². The lowest BCUT2D eigenvalue weighted by atomic mass is 9.98. The fourth-order valence-corrected chi connectivity index (χ4v) is 4.45. The summed E-state index contributed by atoms with van der Waals surface area (Å²) < 4.78 is 21.5. The standard InChI is InChI=1S/C27H54N2O8/c1-3-4-5-6-7-8-9-10-11-12-13-14-15-16-17-35-19-21(29-27(33)34-2)20-36-26-23(28)25(32)24(31)22(18-30)37-26/h21-26,30-32H,3-20,28H2,1-2H3,(H,29,33)/t21-,22-,23-,24-,25-,26-/m1/s1. The average Bonchev–Trinajstić information content (AvgIpc) is 2.90. The van der Waals surface area contributed by atoms with E-state index >= 15 is 0 Å². The van der Waals surface area contributed by atoms with Crippen molar-refractivity contribution < 1.29 is 39.1 Å². The van der Waals surface area contributed by atoms with Crippen molar-refractivity contribution in [2.24, 2.45) is 5.73 Å². The van der Waals surface area contributed by atoms with Crippen LogP contribution in [-0.2, 0) is 18.9 Å². The van der Waals surface area contributed by atoms with Crippen LogP contribution in [0.5, 0.6) is 0 Å². The Morgan fingerprint density at radius 1 is 0.892 bits per heavy atom. The van der Waals surface area contributed by atoms with Crippen LogP contribution in [-0.4, -0.2) is 91.6 Å². The fraction of sp³-hybridized carbons (Fsp3) is 0.963. The molecule has 0 aromatic rings. The van der Waals surface area contributed by atoms with Gasteiger partial charge in [0.1, 0.15) is 18.3 Å². The molecule has 0 spiro atoms. The number of carbonyl (C=O) groups excluding carboxylic acids is 1. The SMILES string of the molecule is CCCCCCCCCCCCCCCCOC[C@H](CO[C@@H]1O[C@H](CO)[C@@H](O)[C@H](O)[C@H]1N)NC(=O)OC. The van der Waals surface area contributed by atoms with Crippen molar-refractivity contribution in [2.45, 2.75) is 134 Å². The van der Waals surface area contributed by atoms with Gasteiger partial charge in [-0.25, -0.2) is 4.79 Å². The molecule has 6 atom stereocenters. The van der Waals surface area contributed by atoms with Crippen LogP contribution in [0.1, 0.15) is 96.8 Å². The molecule has 0 aromatic heterocycles. The maximum atomic E-state index is 11.7. The molecule has 1 rings (SSSR count). The Labute approximate surface area is 223 Å². The first-order chi connectivity index (χ1) is 17.9. The predicted octanol–water partition coefficient (Wildman–Crippen LogP) is 2.99. The molecule has 1 fully saturated rings. The van der Waals surface area contributed by atoms with Crippen LogP contribution in [0.15, 0.2) is 0 Å². The summed E-state index contributed by atoms with van der Waals surface area (Å²) in [5, 5.41) is 31.9. The summed E-state index contributed by atoms with van der Waals surface area (Å²) in [7, 11) is 1.27. The zero-order valence-electron chi connectivity index (χ0n) is 23.2. The summed E-state index contributed by atoms with van der Waals surface area (Å²) in [6, 6.07) is -1.53. The second kappa shape index (κ2) is 21.9. The van der Waals surface area contributed by atoms with Crippen molar-refractivity contribution in [3.8, 4) is 0 Å².